The summed E-state index contributed by atoms with van der Waals surface area (Å²) in [7, 11) is 1.50. The fraction of sp³-hybridized carbons (Fsp3) is 0.286. The molecule has 0 aliphatic carbocycles. The maximum absolute atomic E-state index is 12.1. The molecule has 2 aromatic rings. The summed E-state index contributed by atoms with van der Waals surface area (Å²) < 4.78 is 5.21. The zero-order valence-electron chi connectivity index (χ0n) is 12.8. The Balaban J connectivity index is 2.07. The topological polar surface area (TPSA) is 97.0 Å². The second-order valence-corrected chi connectivity index (χ2v) is 6.04. The molecule has 0 unspecified atom stereocenters. The lowest BCUT2D eigenvalue weighted by Crippen LogP contribution is -2.17. The van der Waals surface area contributed by atoms with E-state index in [0.717, 1.165) is 17.3 Å². The average molecular weight is 355 g/mol. The fourth-order valence-corrected chi connectivity index (χ4v) is 2.66. The zero-order chi connectivity index (χ0) is 17.0. The van der Waals surface area contributed by atoms with E-state index in [2.05, 4.69) is 20.5 Å². The number of anilines is 1. The van der Waals surface area contributed by atoms with E-state index in [4.69, 9.17) is 16.3 Å². The third kappa shape index (κ3) is 4.46. The number of nitrogens with one attached hydrogen (secondary N) is 2. The van der Waals surface area contributed by atoms with E-state index in [-0.39, 0.29) is 11.7 Å². The SMILES string of the molecule is COc1cc(Cl)c(C)cc1NC(=O)CSc1nc(=O)[nH]nc1C. The van der Waals surface area contributed by atoms with Crippen molar-refractivity contribution in [1.82, 2.24) is 15.2 Å². The van der Waals surface area contributed by atoms with Gasteiger partial charge in [-0.2, -0.15) is 10.1 Å². The van der Waals surface area contributed by atoms with Gasteiger partial charge in [0.15, 0.2) is 0 Å². The Morgan fingerprint density at radius 2 is 2.17 bits per heavy atom. The lowest BCUT2D eigenvalue weighted by molar-refractivity contribution is -0.113. The van der Waals surface area contributed by atoms with Crippen molar-refractivity contribution in [3.63, 3.8) is 0 Å². The van der Waals surface area contributed by atoms with Gasteiger partial charge in [-0.3, -0.25) is 4.79 Å². The number of hydrogen-bond donors (Lipinski definition) is 2. The number of hydrogen-bond acceptors (Lipinski definition) is 6. The second kappa shape index (κ2) is 7.47. The highest BCUT2D eigenvalue weighted by Crippen LogP contribution is 2.31. The number of nitrogens with zero attached hydrogens (tertiary/aromatic N) is 2. The first-order valence-electron chi connectivity index (χ1n) is 6.61. The molecular weight excluding hydrogens is 340 g/mol. The number of ether oxygens (including phenoxy) is 1. The number of halogens is 1. The van der Waals surface area contributed by atoms with Gasteiger partial charge >= 0.3 is 5.69 Å². The van der Waals surface area contributed by atoms with Gasteiger partial charge in [-0.25, -0.2) is 9.89 Å². The maximum Gasteiger partial charge on any atom is 0.362 e. The van der Waals surface area contributed by atoms with Gasteiger partial charge < -0.3 is 10.1 Å². The van der Waals surface area contributed by atoms with Crippen LogP contribution in [0.5, 0.6) is 5.75 Å². The van der Waals surface area contributed by atoms with E-state index >= 15 is 0 Å². The Hall–Kier alpha value is -2.06. The Labute approximate surface area is 141 Å². The molecule has 2 rings (SSSR count). The molecule has 1 aromatic heterocycles. The van der Waals surface area contributed by atoms with Gasteiger partial charge in [0.25, 0.3) is 0 Å². The minimum atomic E-state index is -0.548. The number of methoxy groups -OCH3 is 1. The largest absolute Gasteiger partial charge is 0.495 e. The minimum absolute atomic E-state index is 0.0871. The Morgan fingerprint density at radius 3 is 2.87 bits per heavy atom. The van der Waals surface area contributed by atoms with Crippen molar-refractivity contribution in [2.75, 3.05) is 18.2 Å². The molecule has 0 radical (unpaired) electrons. The van der Waals surface area contributed by atoms with Gasteiger partial charge in [0.1, 0.15) is 10.8 Å². The summed E-state index contributed by atoms with van der Waals surface area (Å²) in [5.74, 6) is 0.312. The average Bonchev–Trinajstić information content (AvgIpc) is 2.51. The Bertz CT molecular complexity index is 794. The summed E-state index contributed by atoms with van der Waals surface area (Å²) in [6.45, 7) is 3.54. The number of amides is 1. The monoisotopic (exact) mass is 354 g/mol. The molecule has 9 heteroatoms. The predicted octanol–water partition coefficient (Wildman–Crippen LogP) is 2.17. The molecule has 1 amide bonds. The van der Waals surface area contributed by atoms with Crippen LogP contribution in [0.15, 0.2) is 22.0 Å². The summed E-state index contributed by atoms with van der Waals surface area (Å²) in [5.41, 5.74) is 1.37. The number of aryl methyl sites for hydroxylation is 2. The van der Waals surface area contributed by atoms with E-state index in [1.54, 1.807) is 19.1 Å². The van der Waals surface area contributed by atoms with Gasteiger partial charge in [0, 0.05) is 11.1 Å². The second-order valence-electron chi connectivity index (χ2n) is 4.67. The van der Waals surface area contributed by atoms with Crippen molar-refractivity contribution >= 4 is 35.0 Å². The molecule has 0 spiro atoms. The number of thioether (sulfide) groups is 1. The zero-order valence-corrected chi connectivity index (χ0v) is 14.3. The molecular formula is C14H15ClN4O3S. The molecule has 0 aliphatic heterocycles. The summed E-state index contributed by atoms with van der Waals surface area (Å²) in [5, 5.41) is 9.77. The lowest BCUT2D eigenvalue weighted by atomic mass is 10.2. The first-order valence-corrected chi connectivity index (χ1v) is 7.97. The molecule has 0 atom stereocenters. The van der Waals surface area contributed by atoms with E-state index < -0.39 is 5.69 Å². The van der Waals surface area contributed by atoms with Gasteiger partial charge in [-0.1, -0.05) is 23.4 Å². The number of benzene rings is 1. The van der Waals surface area contributed by atoms with E-state index in [1.165, 1.54) is 7.11 Å². The van der Waals surface area contributed by atoms with Crippen molar-refractivity contribution < 1.29 is 9.53 Å². The quantitative estimate of drug-likeness (QED) is 0.799. The highest BCUT2D eigenvalue weighted by Gasteiger charge is 2.12. The van der Waals surface area contributed by atoms with Gasteiger partial charge in [0.05, 0.1) is 24.2 Å². The molecule has 122 valence electrons. The molecule has 2 N–H and O–H groups in total. The van der Waals surface area contributed by atoms with Gasteiger partial charge in [-0.15, -0.1) is 0 Å². The number of aromatic amines is 1. The first-order chi connectivity index (χ1) is 10.9. The fourth-order valence-electron chi connectivity index (χ4n) is 1.76. The highest BCUT2D eigenvalue weighted by molar-refractivity contribution is 8.00. The summed E-state index contributed by atoms with van der Waals surface area (Å²) >= 11 is 7.17. The Morgan fingerprint density at radius 1 is 1.43 bits per heavy atom. The maximum atomic E-state index is 12.1. The molecule has 0 bridgehead atoms. The number of aromatic nitrogens is 3. The van der Waals surface area contributed by atoms with E-state index in [9.17, 15) is 9.59 Å². The number of carbonyl (C=O) groups is 1. The summed E-state index contributed by atoms with van der Waals surface area (Å²) in [4.78, 5) is 27.0. The smallest absolute Gasteiger partial charge is 0.362 e. The van der Waals surface area contributed by atoms with Crippen LogP contribution in [0.3, 0.4) is 0 Å². The molecule has 1 aromatic carbocycles. The Kier molecular flexibility index (Phi) is 5.62. The van der Waals surface area contributed by atoms with Crippen LogP contribution in [-0.4, -0.2) is 34.0 Å². The third-order valence-electron chi connectivity index (χ3n) is 2.93. The van der Waals surface area contributed by atoms with Crippen LogP contribution < -0.4 is 15.7 Å². The van der Waals surface area contributed by atoms with Crippen molar-refractivity contribution in [2.45, 2.75) is 18.9 Å². The minimum Gasteiger partial charge on any atom is -0.495 e. The van der Waals surface area contributed by atoms with Crippen molar-refractivity contribution in [1.29, 1.82) is 0 Å². The molecule has 1 heterocycles. The van der Waals surface area contributed by atoms with Crippen LogP contribution in [0, 0.1) is 13.8 Å². The van der Waals surface area contributed by atoms with Gasteiger partial charge in [0.2, 0.25) is 5.91 Å². The number of carbonyl (C=O) groups excluding carboxylic acids is 1. The summed E-state index contributed by atoms with van der Waals surface area (Å²) in [6, 6.07) is 3.38. The van der Waals surface area contributed by atoms with Crippen molar-refractivity contribution in [3.8, 4) is 5.75 Å². The van der Waals surface area contributed by atoms with Crippen LogP contribution in [-0.2, 0) is 4.79 Å². The van der Waals surface area contributed by atoms with Crippen LogP contribution in [0.25, 0.3) is 0 Å². The van der Waals surface area contributed by atoms with Crippen LogP contribution in [0.4, 0.5) is 5.69 Å². The van der Waals surface area contributed by atoms with Gasteiger partial charge in [-0.05, 0) is 25.5 Å². The molecule has 0 aliphatic rings. The third-order valence-corrected chi connectivity index (χ3v) is 4.40. The molecule has 0 saturated heterocycles. The van der Waals surface area contributed by atoms with E-state index in [1.807, 2.05) is 6.92 Å². The number of rotatable bonds is 5. The standard InChI is InChI=1S/C14H15ClN4O3S/c1-7-4-10(11(22-3)5-9(7)15)16-12(20)6-23-13-8(2)18-19-14(21)17-13/h4-5H,6H2,1-3H3,(H,16,20)(H,17,19,21). The first kappa shape index (κ1) is 17.3. The van der Waals surface area contributed by atoms with Crippen LogP contribution in [0.1, 0.15) is 11.3 Å². The lowest BCUT2D eigenvalue weighted by Gasteiger charge is -2.12. The summed E-state index contributed by atoms with van der Waals surface area (Å²) in [6.07, 6.45) is 0. The van der Waals surface area contributed by atoms with Crippen molar-refractivity contribution in [2.24, 2.45) is 0 Å². The molecule has 7 nitrogen and oxygen atoms in total. The number of H-pyrrole nitrogens is 1. The predicted molar refractivity (Wildman–Crippen MR) is 89.5 cm³/mol. The van der Waals surface area contributed by atoms with Crippen molar-refractivity contribution in [3.05, 3.63) is 38.9 Å². The van der Waals surface area contributed by atoms with E-state index in [0.29, 0.717) is 27.2 Å². The molecule has 0 fully saturated rings. The van der Waals surface area contributed by atoms with Crippen LogP contribution in [0.2, 0.25) is 5.02 Å². The molecule has 23 heavy (non-hydrogen) atoms. The van der Waals surface area contributed by atoms with Crippen LogP contribution >= 0.6 is 23.4 Å². The molecule has 0 saturated carbocycles. The highest BCUT2D eigenvalue weighted by atomic mass is 35.5. The normalized spacial score (nSPS) is 10.4.